The van der Waals surface area contributed by atoms with Crippen molar-refractivity contribution in [1.29, 1.82) is 0 Å². The lowest BCUT2D eigenvalue weighted by molar-refractivity contribution is 0.170. The van der Waals surface area contributed by atoms with Crippen LogP contribution in [0.2, 0.25) is 0 Å². The number of aryl methyl sites for hydroxylation is 1. The summed E-state index contributed by atoms with van der Waals surface area (Å²) in [5.74, 6) is 1.35. The van der Waals surface area contributed by atoms with E-state index >= 15 is 0 Å². The summed E-state index contributed by atoms with van der Waals surface area (Å²) in [5, 5.41) is 5.31. The molecule has 8 heteroatoms. The van der Waals surface area contributed by atoms with Crippen molar-refractivity contribution in [2.75, 3.05) is 18.0 Å². The molecule has 4 rings (SSSR count). The number of benzene rings is 1. The largest absolute Gasteiger partial charge is 0.490 e. The summed E-state index contributed by atoms with van der Waals surface area (Å²) < 4.78 is 21.4. The van der Waals surface area contributed by atoms with Crippen LogP contribution >= 0.6 is 15.9 Å². The lowest BCUT2D eigenvalue weighted by Gasteiger charge is -2.33. The van der Waals surface area contributed by atoms with Gasteiger partial charge < -0.3 is 9.64 Å². The second-order valence-electron chi connectivity index (χ2n) is 6.07. The highest BCUT2D eigenvalue weighted by atomic mass is 79.9. The summed E-state index contributed by atoms with van der Waals surface area (Å²) in [7, 11) is 1.87. The Morgan fingerprint density at radius 1 is 1.16 bits per heavy atom. The van der Waals surface area contributed by atoms with Crippen molar-refractivity contribution in [3.63, 3.8) is 0 Å². The van der Waals surface area contributed by atoms with Gasteiger partial charge in [0, 0.05) is 33.0 Å². The van der Waals surface area contributed by atoms with E-state index in [4.69, 9.17) is 4.74 Å². The molecule has 0 saturated carbocycles. The van der Waals surface area contributed by atoms with Gasteiger partial charge in [-0.3, -0.25) is 0 Å². The van der Waals surface area contributed by atoms with Gasteiger partial charge in [0.15, 0.2) is 5.65 Å². The quantitative estimate of drug-likeness (QED) is 0.668. The summed E-state index contributed by atoms with van der Waals surface area (Å²) in [6, 6.07) is 6.18. The molecule has 3 aromatic rings. The number of rotatable bonds is 3. The number of hydrogen-bond acceptors (Lipinski definition) is 5. The maximum atomic E-state index is 13.0. The van der Waals surface area contributed by atoms with Crippen LogP contribution < -0.4 is 9.64 Å². The van der Waals surface area contributed by atoms with E-state index in [-0.39, 0.29) is 11.9 Å². The number of fused-ring (bicyclic) bond motifs is 1. The fourth-order valence-corrected chi connectivity index (χ4v) is 3.75. The molecule has 6 nitrogen and oxygen atoms in total. The zero-order chi connectivity index (χ0) is 17.4. The smallest absolute Gasteiger partial charge is 0.164 e. The predicted octanol–water partition coefficient (Wildman–Crippen LogP) is 3.31. The number of piperidine rings is 1. The van der Waals surface area contributed by atoms with Crippen molar-refractivity contribution >= 4 is 32.8 Å². The highest BCUT2D eigenvalue weighted by Gasteiger charge is 2.25. The van der Waals surface area contributed by atoms with E-state index in [0.717, 1.165) is 47.4 Å². The van der Waals surface area contributed by atoms with E-state index in [2.05, 4.69) is 35.9 Å². The maximum Gasteiger partial charge on any atom is 0.164 e. The molecule has 1 fully saturated rings. The number of hydrogen-bond donors (Lipinski definition) is 0. The molecule has 0 aliphatic carbocycles. The zero-order valence-corrected chi connectivity index (χ0v) is 15.3. The van der Waals surface area contributed by atoms with Crippen LogP contribution in [0.25, 0.3) is 11.0 Å². The molecule has 2 aromatic heterocycles. The Balaban J connectivity index is 1.48. The minimum absolute atomic E-state index is 0.122. The van der Waals surface area contributed by atoms with Gasteiger partial charge in [-0.1, -0.05) is 0 Å². The van der Waals surface area contributed by atoms with E-state index in [1.807, 2.05) is 7.05 Å². The third-order valence-electron chi connectivity index (χ3n) is 4.42. The van der Waals surface area contributed by atoms with E-state index in [9.17, 15) is 4.39 Å². The zero-order valence-electron chi connectivity index (χ0n) is 13.7. The Morgan fingerprint density at radius 3 is 2.60 bits per heavy atom. The Hall–Kier alpha value is -2.22. The summed E-state index contributed by atoms with van der Waals surface area (Å²) >= 11 is 3.50. The summed E-state index contributed by atoms with van der Waals surface area (Å²) in [6.45, 7) is 1.67. The second kappa shape index (κ2) is 6.59. The summed E-state index contributed by atoms with van der Waals surface area (Å²) in [4.78, 5) is 11.0. The predicted molar refractivity (Wildman–Crippen MR) is 96.3 cm³/mol. The summed E-state index contributed by atoms with van der Waals surface area (Å²) in [6.07, 6.45) is 3.45. The molecule has 0 unspecified atom stereocenters. The molecule has 1 aromatic carbocycles. The first-order valence-corrected chi connectivity index (χ1v) is 8.91. The first-order chi connectivity index (χ1) is 12.1. The molecule has 3 heterocycles. The van der Waals surface area contributed by atoms with Gasteiger partial charge in [-0.05, 0) is 40.2 Å². The Morgan fingerprint density at radius 2 is 1.88 bits per heavy atom. The van der Waals surface area contributed by atoms with Crippen LogP contribution in [-0.2, 0) is 7.05 Å². The van der Waals surface area contributed by atoms with Crippen molar-refractivity contribution in [3.8, 4) is 5.75 Å². The van der Waals surface area contributed by atoms with Crippen LogP contribution in [0.5, 0.6) is 5.75 Å². The fraction of sp³-hybridized carbons (Fsp3) is 0.353. The minimum Gasteiger partial charge on any atom is -0.490 e. The van der Waals surface area contributed by atoms with E-state index in [1.165, 1.54) is 12.1 Å². The normalized spacial score (nSPS) is 15.7. The van der Waals surface area contributed by atoms with Crippen LogP contribution in [0.3, 0.4) is 0 Å². The minimum atomic E-state index is -0.253. The molecule has 0 bridgehead atoms. The van der Waals surface area contributed by atoms with Gasteiger partial charge >= 0.3 is 0 Å². The van der Waals surface area contributed by atoms with Crippen LogP contribution in [0.4, 0.5) is 10.2 Å². The molecular weight excluding hydrogens is 389 g/mol. The topological polar surface area (TPSA) is 56.1 Å². The lowest BCUT2D eigenvalue weighted by Crippen LogP contribution is -2.38. The standard InChI is InChI=1S/C17H17BrFN5O/c1-23-16-14(15(18)22-23)17(21-10-20-16)24-8-6-13(7-9-24)25-12-4-2-11(19)3-5-12/h2-5,10,13H,6-9H2,1H3. The van der Waals surface area contributed by atoms with Crippen molar-refractivity contribution in [2.24, 2.45) is 7.05 Å². The lowest BCUT2D eigenvalue weighted by atomic mass is 10.1. The molecule has 130 valence electrons. The first kappa shape index (κ1) is 16.3. The summed E-state index contributed by atoms with van der Waals surface area (Å²) in [5.41, 5.74) is 0.807. The van der Waals surface area contributed by atoms with Crippen LogP contribution in [0, 0.1) is 5.82 Å². The fourth-order valence-electron chi connectivity index (χ4n) is 3.16. The highest BCUT2D eigenvalue weighted by Crippen LogP contribution is 2.31. The van der Waals surface area contributed by atoms with Gasteiger partial charge in [0.05, 0.1) is 5.39 Å². The monoisotopic (exact) mass is 405 g/mol. The Labute approximate surface area is 152 Å². The number of nitrogens with zero attached hydrogens (tertiary/aromatic N) is 5. The molecule has 1 aliphatic heterocycles. The SMILES string of the molecule is Cn1nc(Br)c2c(N3CCC(Oc4ccc(F)cc4)CC3)ncnc21. The average molecular weight is 406 g/mol. The van der Waals surface area contributed by atoms with Crippen molar-refractivity contribution < 1.29 is 9.13 Å². The Kier molecular flexibility index (Phi) is 4.29. The van der Waals surface area contributed by atoms with E-state index < -0.39 is 0 Å². The number of aromatic nitrogens is 4. The third kappa shape index (κ3) is 3.18. The highest BCUT2D eigenvalue weighted by molar-refractivity contribution is 9.10. The first-order valence-electron chi connectivity index (χ1n) is 8.12. The third-order valence-corrected chi connectivity index (χ3v) is 4.97. The second-order valence-corrected chi connectivity index (χ2v) is 6.82. The van der Waals surface area contributed by atoms with Crippen molar-refractivity contribution in [2.45, 2.75) is 18.9 Å². The maximum absolute atomic E-state index is 13.0. The van der Waals surface area contributed by atoms with Crippen molar-refractivity contribution in [1.82, 2.24) is 19.7 Å². The molecule has 0 amide bonds. The molecule has 0 radical (unpaired) electrons. The van der Waals surface area contributed by atoms with Gasteiger partial charge in [-0.25, -0.2) is 19.0 Å². The van der Waals surface area contributed by atoms with Gasteiger partial charge in [0.25, 0.3) is 0 Å². The molecule has 0 spiro atoms. The van der Waals surface area contributed by atoms with Gasteiger partial charge in [-0.15, -0.1) is 0 Å². The van der Waals surface area contributed by atoms with Crippen LogP contribution in [0.1, 0.15) is 12.8 Å². The number of anilines is 1. The number of halogens is 2. The Bertz CT molecular complexity index is 890. The molecule has 25 heavy (non-hydrogen) atoms. The molecular formula is C17H17BrFN5O. The van der Waals surface area contributed by atoms with Crippen molar-refractivity contribution in [3.05, 3.63) is 41.0 Å². The molecule has 0 atom stereocenters. The van der Waals surface area contributed by atoms with Gasteiger partial charge in [0.1, 0.15) is 34.4 Å². The van der Waals surface area contributed by atoms with Gasteiger partial charge in [0.2, 0.25) is 0 Å². The van der Waals surface area contributed by atoms with Crippen LogP contribution in [-0.4, -0.2) is 38.9 Å². The molecule has 1 saturated heterocycles. The average Bonchev–Trinajstić information content (AvgIpc) is 2.92. The molecule has 1 aliphatic rings. The van der Waals surface area contributed by atoms with E-state index in [1.54, 1.807) is 23.1 Å². The van der Waals surface area contributed by atoms with Crippen LogP contribution in [0.15, 0.2) is 35.2 Å². The van der Waals surface area contributed by atoms with E-state index in [0.29, 0.717) is 5.75 Å². The van der Waals surface area contributed by atoms with Gasteiger partial charge in [-0.2, -0.15) is 5.10 Å². The molecule has 0 N–H and O–H groups in total. The number of ether oxygens (including phenoxy) is 1.